The molecule has 0 aliphatic carbocycles. The molecule has 3 rings (SSSR count). The number of nitrogens with zero attached hydrogens (tertiary/aromatic N) is 2. The number of likely N-dealkylation sites (tertiary alicyclic amines) is 1. The number of nitro benzene ring substituents is 1. The number of nitro groups is 1. The minimum Gasteiger partial charge on any atom is -0.467 e. The van der Waals surface area contributed by atoms with Crippen LogP contribution in [0, 0.1) is 29.9 Å². The van der Waals surface area contributed by atoms with Crippen molar-refractivity contribution in [3.63, 3.8) is 0 Å². The van der Waals surface area contributed by atoms with E-state index in [2.05, 4.69) is 5.32 Å². The number of aryl methyl sites for hydroxylation is 1. The van der Waals surface area contributed by atoms with Gasteiger partial charge in [-0.05, 0) is 37.1 Å². The Morgan fingerprint density at radius 2 is 2.10 bits per heavy atom. The molecule has 1 atom stereocenters. The van der Waals surface area contributed by atoms with Gasteiger partial charge in [-0.1, -0.05) is 6.07 Å². The van der Waals surface area contributed by atoms with E-state index in [1.54, 1.807) is 32.0 Å². The van der Waals surface area contributed by atoms with E-state index >= 15 is 0 Å². The fraction of sp³-hybridized carbons (Fsp3) is 0.350. The van der Waals surface area contributed by atoms with Crippen molar-refractivity contribution >= 4 is 29.2 Å². The third kappa shape index (κ3) is 4.65. The summed E-state index contributed by atoms with van der Waals surface area (Å²) in [7, 11) is 0. The molecule has 10 heteroatoms. The van der Waals surface area contributed by atoms with Crippen LogP contribution < -0.4 is 5.32 Å². The molecule has 0 saturated carbocycles. The highest BCUT2D eigenvalue weighted by Gasteiger charge is 2.36. The number of esters is 1. The number of benzene rings is 1. The van der Waals surface area contributed by atoms with E-state index in [0.717, 1.165) is 5.56 Å². The van der Waals surface area contributed by atoms with Crippen molar-refractivity contribution < 1.29 is 28.5 Å². The molecule has 30 heavy (non-hydrogen) atoms. The molecule has 158 valence electrons. The molecule has 0 bridgehead atoms. The second kappa shape index (κ2) is 8.76. The lowest BCUT2D eigenvalue weighted by Gasteiger charge is -2.15. The Morgan fingerprint density at radius 1 is 1.33 bits per heavy atom. The zero-order valence-electron chi connectivity index (χ0n) is 16.5. The minimum atomic E-state index is -0.697. The van der Waals surface area contributed by atoms with Crippen molar-refractivity contribution in [3.05, 3.63) is 57.5 Å². The summed E-state index contributed by atoms with van der Waals surface area (Å²) in [5, 5.41) is 13.7. The van der Waals surface area contributed by atoms with Crippen LogP contribution in [0.3, 0.4) is 0 Å². The quantitative estimate of drug-likeness (QED) is 0.417. The Hall–Kier alpha value is -3.69. The summed E-state index contributed by atoms with van der Waals surface area (Å²) in [6, 6.07) is 6.34. The summed E-state index contributed by atoms with van der Waals surface area (Å²) < 4.78 is 10.2. The van der Waals surface area contributed by atoms with E-state index in [1.807, 2.05) is 0 Å². The largest absolute Gasteiger partial charge is 0.467 e. The molecule has 1 aromatic heterocycles. The molecule has 2 amide bonds. The van der Waals surface area contributed by atoms with E-state index < -0.39 is 29.3 Å². The lowest BCUT2D eigenvalue weighted by atomic mass is 10.1. The van der Waals surface area contributed by atoms with Gasteiger partial charge in [-0.3, -0.25) is 24.5 Å². The molecule has 1 fully saturated rings. The molecule has 0 spiro atoms. The monoisotopic (exact) mass is 415 g/mol. The normalized spacial score (nSPS) is 15.9. The van der Waals surface area contributed by atoms with Crippen molar-refractivity contribution in [1.82, 2.24) is 4.90 Å². The molecule has 0 unspecified atom stereocenters. The maximum atomic E-state index is 12.3. The van der Waals surface area contributed by atoms with Gasteiger partial charge in [0.15, 0.2) is 6.61 Å². The Balaban J connectivity index is 1.55. The first-order valence-electron chi connectivity index (χ1n) is 9.27. The average Bonchev–Trinajstić information content (AvgIpc) is 3.34. The number of nitrogens with one attached hydrogen (secondary N) is 1. The maximum absolute atomic E-state index is 12.3. The molecular weight excluding hydrogens is 394 g/mol. The van der Waals surface area contributed by atoms with Crippen LogP contribution in [-0.4, -0.2) is 40.8 Å². The van der Waals surface area contributed by atoms with Gasteiger partial charge in [-0.2, -0.15) is 0 Å². The van der Waals surface area contributed by atoms with E-state index in [4.69, 9.17) is 9.15 Å². The maximum Gasteiger partial charge on any atom is 0.311 e. The molecule has 2 aromatic rings. The van der Waals surface area contributed by atoms with Gasteiger partial charge in [0.25, 0.3) is 11.6 Å². The van der Waals surface area contributed by atoms with E-state index in [1.165, 1.54) is 17.2 Å². The summed E-state index contributed by atoms with van der Waals surface area (Å²) in [5.41, 5.74) is 1.15. The molecule has 2 heterocycles. The van der Waals surface area contributed by atoms with Crippen molar-refractivity contribution in [1.29, 1.82) is 0 Å². The number of rotatable bonds is 7. The number of furan rings is 1. The lowest BCUT2D eigenvalue weighted by Crippen LogP contribution is -2.28. The van der Waals surface area contributed by atoms with Crippen LogP contribution in [0.4, 0.5) is 11.4 Å². The van der Waals surface area contributed by atoms with Gasteiger partial charge >= 0.3 is 5.97 Å². The first-order valence-corrected chi connectivity index (χ1v) is 9.27. The van der Waals surface area contributed by atoms with Gasteiger partial charge < -0.3 is 19.4 Å². The highest BCUT2D eigenvalue weighted by molar-refractivity contribution is 5.96. The smallest absolute Gasteiger partial charge is 0.311 e. The van der Waals surface area contributed by atoms with Gasteiger partial charge in [-0.15, -0.1) is 0 Å². The summed E-state index contributed by atoms with van der Waals surface area (Å²) >= 11 is 0. The standard InChI is InChI=1S/C20H21N3O7/c1-12-5-6-16(23(27)28)19(13(12)2)21-17(24)11-30-20(26)14-8-18(25)22(9-14)10-15-4-3-7-29-15/h3-7,14H,8-11H2,1-2H3,(H,21,24)/t14-/m0/s1. The zero-order valence-corrected chi connectivity index (χ0v) is 16.5. The first kappa shape index (κ1) is 21.0. The summed E-state index contributed by atoms with van der Waals surface area (Å²) in [4.78, 5) is 48.7. The minimum absolute atomic E-state index is 0.0103. The molecule has 1 N–H and O–H groups in total. The first-order chi connectivity index (χ1) is 14.3. The zero-order chi connectivity index (χ0) is 21.8. The van der Waals surface area contributed by atoms with Crippen molar-refractivity contribution in [2.45, 2.75) is 26.8 Å². The Bertz CT molecular complexity index is 985. The predicted molar refractivity (Wildman–Crippen MR) is 104 cm³/mol. The number of hydrogen-bond donors (Lipinski definition) is 1. The predicted octanol–water partition coefficient (Wildman–Crippen LogP) is 2.34. The number of carbonyl (C=O) groups excluding carboxylic acids is 3. The van der Waals surface area contributed by atoms with Gasteiger partial charge in [0, 0.05) is 19.0 Å². The Morgan fingerprint density at radius 3 is 2.77 bits per heavy atom. The molecule has 1 aliphatic heterocycles. The number of anilines is 1. The number of ether oxygens (including phenoxy) is 1. The Labute approximate surface area is 171 Å². The van der Waals surface area contributed by atoms with Crippen LogP contribution in [0.25, 0.3) is 0 Å². The Kier molecular flexibility index (Phi) is 6.14. The number of carbonyl (C=O) groups is 3. The average molecular weight is 415 g/mol. The van der Waals surface area contributed by atoms with E-state index in [0.29, 0.717) is 11.3 Å². The molecule has 1 aliphatic rings. The lowest BCUT2D eigenvalue weighted by molar-refractivity contribution is -0.384. The third-order valence-electron chi connectivity index (χ3n) is 5.00. The van der Waals surface area contributed by atoms with Gasteiger partial charge in [0.05, 0.1) is 23.6 Å². The highest BCUT2D eigenvalue weighted by Crippen LogP contribution is 2.30. The molecule has 10 nitrogen and oxygen atoms in total. The summed E-state index contributed by atoms with van der Waals surface area (Å²) in [6.07, 6.45) is 1.49. The number of hydrogen-bond acceptors (Lipinski definition) is 7. The second-order valence-corrected chi connectivity index (χ2v) is 7.07. The molecular formula is C20H21N3O7. The topological polar surface area (TPSA) is 132 Å². The van der Waals surface area contributed by atoms with Gasteiger partial charge in [-0.25, -0.2) is 0 Å². The van der Waals surface area contributed by atoms with E-state index in [9.17, 15) is 24.5 Å². The van der Waals surface area contributed by atoms with E-state index in [-0.39, 0.29) is 36.8 Å². The van der Waals surface area contributed by atoms with Crippen LogP contribution in [0.2, 0.25) is 0 Å². The highest BCUT2D eigenvalue weighted by atomic mass is 16.6. The van der Waals surface area contributed by atoms with Crippen molar-refractivity contribution in [2.75, 3.05) is 18.5 Å². The SMILES string of the molecule is Cc1ccc([N+](=O)[O-])c(NC(=O)COC(=O)[C@H]2CC(=O)N(Cc3ccco3)C2)c1C. The summed E-state index contributed by atoms with van der Waals surface area (Å²) in [5.74, 6) is -1.65. The van der Waals surface area contributed by atoms with Crippen molar-refractivity contribution in [3.8, 4) is 0 Å². The number of amides is 2. The molecule has 0 radical (unpaired) electrons. The fourth-order valence-electron chi connectivity index (χ4n) is 3.22. The van der Waals surface area contributed by atoms with Gasteiger partial charge in [0.1, 0.15) is 11.4 Å². The molecule has 1 aromatic carbocycles. The van der Waals surface area contributed by atoms with Crippen LogP contribution in [-0.2, 0) is 25.7 Å². The second-order valence-electron chi connectivity index (χ2n) is 7.07. The van der Waals surface area contributed by atoms with Gasteiger partial charge in [0.2, 0.25) is 5.91 Å². The van der Waals surface area contributed by atoms with Crippen LogP contribution >= 0.6 is 0 Å². The molecule has 1 saturated heterocycles. The third-order valence-corrected chi connectivity index (χ3v) is 5.00. The van der Waals surface area contributed by atoms with Crippen LogP contribution in [0.15, 0.2) is 34.9 Å². The van der Waals surface area contributed by atoms with Crippen molar-refractivity contribution in [2.24, 2.45) is 5.92 Å². The summed E-state index contributed by atoms with van der Waals surface area (Å²) in [6.45, 7) is 3.24. The van der Waals surface area contributed by atoms with Crippen LogP contribution in [0.5, 0.6) is 0 Å². The van der Waals surface area contributed by atoms with Crippen LogP contribution in [0.1, 0.15) is 23.3 Å². The fourth-order valence-corrected chi connectivity index (χ4v) is 3.22.